The Hall–Kier alpha value is -3.38. The van der Waals surface area contributed by atoms with Gasteiger partial charge in [0.2, 0.25) is 0 Å². The second-order valence-corrected chi connectivity index (χ2v) is 7.98. The highest BCUT2D eigenvalue weighted by molar-refractivity contribution is 5.83. The number of aliphatic hydroxyl groups excluding tert-OH is 1. The molecular formula is C25H27N3O3. The number of rotatable bonds is 7. The number of hydrogen-bond acceptors (Lipinski definition) is 4. The minimum Gasteiger partial charge on any atom is -0.477 e. The Bertz CT molecular complexity index is 1160. The van der Waals surface area contributed by atoms with Gasteiger partial charge >= 0.3 is 0 Å². The summed E-state index contributed by atoms with van der Waals surface area (Å²) in [6, 6.07) is 15.4. The molecule has 3 unspecified atom stereocenters. The van der Waals surface area contributed by atoms with Crippen molar-refractivity contribution in [3.63, 3.8) is 0 Å². The summed E-state index contributed by atoms with van der Waals surface area (Å²) in [4.78, 5) is 16.5. The van der Waals surface area contributed by atoms with Crippen LogP contribution in [0.5, 0.6) is 5.75 Å². The third-order valence-electron chi connectivity index (χ3n) is 5.91. The monoisotopic (exact) mass is 417 g/mol. The first kappa shape index (κ1) is 20.9. The van der Waals surface area contributed by atoms with Crippen molar-refractivity contribution in [2.75, 3.05) is 6.61 Å². The first-order valence-corrected chi connectivity index (χ1v) is 10.5. The van der Waals surface area contributed by atoms with Gasteiger partial charge in [0.1, 0.15) is 11.6 Å². The maximum atomic E-state index is 11.6. The fourth-order valence-corrected chi connectivity index (χ4v) is 4.12. The number of para-hydroxylation sites is 3. The molecule has 4 rings (SSSR count). The summed E-state index contributed by atoms with van der Waals surface area (Å²) in [5.74, 6) is 1.24. The number of carbonyl (C=O) groups excluding carboxylic acids is 1. The van der Waals surface area contributed by atoms with Gasteiger partial charge in [0, 0.05) is 12.5 Å². The lowest BCUT2D eigenvalue weighted by Gasteiger charge is -2.27. The SMILES string of the molecule is CC1=CC=CC(C)C1Cn1c(-c2ccccc2OC(CO)C(N)=O)nc2ccccc21. The van der Waals surface area contributed by atoms with Crippen molar-refractivity contribution in [3.05, 3.63) is 72.3 Å². The lowest BCUT2D eigenvalue weighted by Crippen LogP contribution is -2.36. The molecule has 0 bridgehead atoms. The quantitative estimate of drug-likeness (QED) is 0.613. The van der Waals surface area contributed by atoms with Gasteiger partial charge in [0.05, 0.1) is 23.2 Å². The number of fused-ring (bicyclic) bond motifs is 1. The molecule has 160 valence electrons. The number of carbonyl (C=O) groups is 1. The van der Waals surface area contributed by atoms with Gasteiger partial charge in [-0.05, 0) is 37.1 Å². The van der Waals surface area contributed by atoms with Crippen LogP contribution in [0.2, 0.25) is 0 Å². The molecule has 3 atom stereocenters. The standard InChI is InChI=1S/C25H27N3O3/c1-16-8-7-9-17(2)19(16)14-28-21-12-5-4-11-20(21)27-25(28)18-10-3-6-13-22(18)31-23(15-29)24(26)30/h3-13,16,19,23,29H,14-15H2,1-2H3,(H2,26,30). The van der Waals surface area contributed by atoms with E-state index in [2.05, 4.69) is 42.7 Å². The zero-order valence-electron chi connectivity index (χ0n) is 17.7. The second kappa shape index (κ2) is 8.78. The minimum absolute atomic E-state index is 0.338. The average Bonchev–Trinajstić information content (AvgIpc) is 3.13. The summed E-state index contributed by atoms with van der Waals surface area (Å²) in [6.45, 7) is 4.67. The molecule has 1 aliphatic rings. The van der Waals surface area contributed by atoms with Gasteiger partial charge in [-0.1, -0.05) is 55.0 Å². The smallest absolute Gasteiger partial charge is 0.260 e. The Morgan fingerprint density at radius 2 is 1.97 bits per heavy atom. The van der Waals surface area contributed by atoms with Crippen LogP contribution in [-0.4, -0.2) is 33.3 Å². The normalized spacial score (nSPS) is 19.3. The van der Waals surface area contributed by atoms with E-state index in [0.29, 0.717) is 17.6 Å². The molecule has 0 fully saturated rings. The van der Waals surface area contributed by atoms with Gasteiger partial charge in [0.25, 0.3) is 5.91 Å². The summed E-state index contributed by atoms with van der Waals surface area (Å²) in [5, 5.41) is 9.50. The number of nitrogens with two attached hydrogens (primary N) is 1. The third-order valence-corrected chi connectivity index (χ3v) is 5.91. The summed E-state index contributed by atoms with van der Waals surface area (Å²) in [6.07, 6.45) is 5.39. The molecule has 31 heavy (non-hydrogen) atoms. The molecule has 6 nitrogen and oxygen atoms in total. The van der Waals surface area contributed by atoms with Crippen LogP contribution in [0.25, 0.3) is 22.4 Å². The van der Waals surface area contributed by atoms with Crippen molar-refractivity contribution in [3.8, 4) is 17.1 Å². The van der Waals surface area contributed by atoms with Gasteiger partial charge in [0.15, 0.2) is 6.10 Å². The molecule has 3 N–H and O–H groups in total. The number of nitrogens with zero attached hydrogens (tertiary/aromatic N) is 2. The predicted octanol–water partition coefficient (Wildman–Crippen LogP) is 3.70. The fourth-order valence-electron chi connectivity index (χ4n) is 4.12. The molecule has 0 aliphatic heterocycles. The molecular weight excluding hydrogens is 390 g/mol. The molecule has 0 saturated heterocycles. The van der Waals surface area contributed by atoms with Crippen LogP contribution in [0.3, 0.4) is 0 Å². The Morgan fingerprint density at radius 1 is 1.23 bits per heavy atom. The number of allylic oxidation sites excluding steroid dienone is 4. The van der Waals surface area contributed by atoms with Gasteiger partial charge in [-0.25, -0.2) is 4.98 Å². The number of benzene rings is 2. The molecule has 1 aromatic heterocycles. The highest BCUT2D eigenvalue weighted by Gasteiger charge is 2.25. The van der Waals surface area contributed by atoms with Crippen molar-refractivity contribution < 1.29 is 14.6 Å². The Labute approximate surface area is 181 Å². The van der Waals surface area contributed by atoms with Crippen LogP contribution in [0.1, 0.15) is 13.8 Å². The Balaban J connectivity index is 1.82. The second-order valence-electron chi connectivity index (χ2n) is 7.98. The zero-order valence-corrected chi connectivity index (χ0v) is 17.7. The molecule has 0 spiro atoms. The van der Waals surface area contributed by atoms with Gasteiger partial charge in [-0.15, -0.1) is 0 Å². The molecule has 6 heteroatoms. The number of primary amides is 1. The van der Waals surface area contributed by atoms with Crippen molar-refractivity contribution >= 4 is 16.9 Å². The maximum Gasteiger partial charge on any atom is 0.260 e. The largest absolute Gasteiger partial charge is 0.477 e. The van der Waals surface area contributed by atoms with Crippen LogP contribution in [0, 0.1) is 11.8 Å². The molecule has 1 aliphatic carbocycles. The highest BCUT2D eigenvalue weighted by atomic mass is 16.5. The van der Waals surface area contributed by atoms with E-state index in [1.165, 1.54) is 5.57 Å². The summed E-state index contributed by atoms with van der Waals surface area (Å²) >= 11 is 0. The topological polar surface area (TPSA) is 90.4 Å². The number of ether oxygens (including phenoxy) is 1. The first-order valence-electron chi connectivity index (χ1n) is 10.5. The number of aliphatic hydroxyl groups is 1. The molecule has 0 saturated carbocycles. The van der Waals surface area contributed by atoms with Gasteiger partial charge in [-0.3, -0.25) is 4.79 Å². The van der Waals surface area contributed by atoms with Crippen LogP contribution in [0.15, 0.2) is 72.3 Å². The fraction of sp³-hybridized carbons (Fsp3) is 0.280. The predicted molar refractivity (Wildman–Crippen MR) is 121 cm³/mol. The van der Waals surface area contributed by atoms with E-state index in [-0.39, 0.29) is 0 Å². The van der Waals surface area contributed by atoms with Crippen LogP contribution in [0.4, 0.5) is 0 Å². The molecule has 1 amide bonds. The number of aromatic nitrogens is 2. The lowest BCUT2D eigenvalue weighted by molar-refractivity contribution is -0.126. The van der Waals surface area contributed by atoms with Crippen molar-refractivity contribution in [1.82, 2.24) is 9.55 Å². The van der Waals surface area contributed by atoms with E-state index in [1.54, 1.807) is 6.07 Å². The van der Waals surface area contributed by atoms with Crippen LogP contribution >= 0.6 is 0 Å². The van der Waals surface area contributed by atoms with E-state index < -0.39 is 18.6 Å². The number of imidazole rings is 1. The van der Waals surface area contributed by atoms with Gasteiger partial charge < -0.3 is 20.1 Å². The van der Waals surface area contributed by atoms with E-state index in [9.17, 15) is 9.90 Å². The van der Waals surface area contributed by atoms with E-state index >= 15 is 0 Å². The Kier molecular flexibility index (Phi) is 5.91. The van der Waals surface area contributed by atoms with E-state index in [1.807, 2.05) is 36.4 Å². The van der Waals surface area contributed by atoms with Crippen LogP contribution in [-0.2, 0) is 11.3 Å². The van der Waals surface area contributed by atoms with E-state index in [4.69, 9.17) is 15.5 Å². The number of hydrogen-bond donors (Lipinski definition) is 2. The van der Waals surface area contributed by atoms with E-state index in [0.717, 1.165) is 29.0 Å². The third kappa shape index (κ3) is 4.11. The number of amides is 1. The van der Waals surface area contributed by atoms with Crippen molar-refractivity contribution in [2.45, 2.75) is 26.5 Å². The van der Waals surface area contributed by atoms with Crippen LogP contribution < -0.4 is 10.5 Å². The van der Waals surface area contributed by atoms with Crippen molar-refractivity contribution in [1.29, 1.82) is 0 Å². The molecule has 2 aromatic carbocycles. The minimum atomic E-state index is -1.12. The zero-order chi connectivity index (χ0) is 22.0. The summed E-state index contributed by atoms with van der Waals surface area (Å²) in [7, 11) is 0. The van der Waals surface area contributed by atoms with Gasteiger partial charge in [-0.2, -0.15) is 0 Å². The molecule has 3 aromatic rings. The lowest BCUT2D eigenvalue weighted by atomic mass is 9.84. The summed E-state index contributed by atoms with van der Waals surface area (Å²) < 4.78 is 8.01. The van der Waals surface area contributed by atoms with Crippen molar-refractivity contribution in [2.24, 2.45) is 17.6 Å². The maximum absolute atomic E-state index is 11.6. The highest BCUT2D eigenvalue weighted by Crippen LogP contribution is 2.35. The average molecular weight is 418 g/mol. The first-order chi connectivity index (χ1) is 15.0. The summed E-state index contributed by atoms with van der Waals surface area (Å²) in [5.41, 5.74) is 9.38. The Morgan fingerprint density at radius 3 is 2.71 bits per heavy atom. The molecule has 0 radical (unpaired) electrons. The molecule has 1 heterocycles.